The maximum absolute atomic E-state index is 12.1. The second kappa shape index (κ2) is 7.15. The number of likely N-dealkylation sites (tertiary alicyclic amines) is 1. The van der Waals surface area contributed by atoms with E-state index in [-0.39, 0.29) is 30.8 Å². The Hall–Kier alpha value is -2.24. The van der Waals surface area contributed by atoms with Gasteiger partial charge < -0.3 is 20.1 Å². The molecule has 1 atom stereocenters. The summed E-state index contributed by atoms with van der Waals surface area (Å²) in [7, 11) is 1.58. The highest BCUT2D eigenvalue weighted by Gasteiger charge is 2.29. The van der Waals surface area contributed by atoms with Gasteiger partial charge >= 0.3 is 0 Å². The van der Waals surface area contributed by atoms with Crippen LogP contribution >= 0.6 is 0 Å². The summed E-state index contributed by atoms with van der Waals surface area (Å²) in [4.78, 5) is 24.9. The van der Waals surface area contributed by atoms with Gasteiger partial charge in [0.15, 0.2) is 11.5 Å². The molecule has 1 aromatic carbocycles. The number of primary amides is 1. The Bertz CT molecular complexity index is 559. The van der Waals surface area contributed by atoms with E-state index in [1.807, 2.05) is 25.1 Å². The van der Waals surface area contributed by atoms with Crippen molar-refractivity contribution in [1.29, 1.82) is 0 Å². The summed E-state index contributed by atoms with van der Waals surface area (Å²) in [6.45, 7) is 3.25. The zero-order valence-corrected chi connectivity index (χ0v) is 13.0. The van der Waals surface area contributed by atoms with Crippen LogP contribution in [0.3, 0.4) is 0 Å². The van der Waals surface area contributed by atoms with Crippen molar-refractivity contribution < 1.29 is 19.1 Å². The van der Waals surface area contributed by atoms with Gasteiger partial charge in [0.25, 0.3) is 0 Å². The molecule has 0 saturated carbocycles. The number of rotatable bonds is 6. The molecule has 1 aliphatic heterocycles. The monoisotopic (exact) mass is 306 g/mol. The molecule has 2 amide bonds. The number of carbonyl (C=O) groups excluding carboxylic acids is 2. The number of nitrogens with zero attached hydrogens (tertiary/aromatic N) is 1. The number of benzene rings is 1. The van der Waals surface area contributed by atoms with Crippen LogP contribution < -0.4 is 15.2 Å². The van der Waals surface area contributed by atoms with Gasteiger partial charge in [-0.1, -0.05) is 6.07 Å². The lowest BCUT2D eigenvalue weighted by Gasteiger charge is -2.16. The molecule has 0 unspecified atom stereocenters. The van der Waals surface area contributed by atoms with E-state index in [1.54, 1.807) is 12.0 Å². The predicted octanol–water partition coefficient (Wildman–Crippen LogP) is 1.11. The van der Waals surface area contributed by atoms with E-state index in [2.05, 4.69) is 0 Å². The number of hydrogen-bond acceptors (Lipinski definition) is 4. The number of hydrogen-bond donors (Lipinski definition) is 1. The molecule has 1 heterocycles. The van der Waals surface area contributed by atoms with Crippen LogP contribution in [0.2, 0.25) is 0 Å². The Morgan fingerprint density at radius 3 is 2.77 bits per heavy atom. The van der Waals surface area contributed by atoms with Crippen molar-refractivity contribution in [2.45, 2.75) is 19.8 Å². The Kier molecular flexibility index (Phi) is 5.25. The molecule has 0 spiro atoms. The van der Waals surface area contributed by atoms with Crippen LogP contribution in [0.1, 0.15) is 18.4 Å². The Labute approximate surface area is 130 Å². The number of nitrogens with two attached hydrogens (primary N) is 1. The molecule has 6 heteroatoms. The van der Waals surface area contributed by atoms with Crippen LogP contribution in [-0.2, 0) is 9.59 Å². The van der Waals surface area contributed by atoms with Gasteiger partial charge in [-0.25, -0.2) is 0 Å². The number of aryl methyl sites for hydroxylation is 1. The van der Waals surface area contributed by atoms with Gasteiger partial charge in [0.05, 0.1) is 26.1 Å². The molecule has 2 rings (SSSR count). The first kappa shape index (κ1) is 16.1. The molecule has 1 fully saturated rings. The lowest BCUT2D eigenvalue weighted by molar-refractivity contribution is -0.131. The maximum atomic E-state index is 12.1. The van der Waals surface area contributed by atoms with Crippen molar-refractivity contribution in [3.63, 3.8) is 0 Å². The van der Waals surface area contributed by atoms with E-state index in [1.165, 1.54) is 0 Å². The second-order valence-corrected chi connectivity index (χ2v) is 5.48. The fourth-order valence-electron chi connectivity index (χ4n) is 2.52. The predicted molar refractivity (Wildman–Crippen MR) is 81.7 cm³/mol. The van der Waals surface area contributed by atoms with Crippen molar-refractivity contribution in [3.8, 4) is 11.5 Å². The van der Waals surface area contributed by atoms with E-state index in [0.717, 1.165) is 5.56 Å². The first-order valence-electron chi connectivity index (χ1n) is 7.35. The highest BCUT2D eigenvalue weighted by molar-refractivity contribution is 5.81. The minimum atomic E-state index is -0.337. The molecule has 6 nitrogen and oxygen atoms in total. The third-order valence-electron chi connectivity index (χ3n) is 3.84. The summed E-state index contributed by atoms with van der Waals surface area (Å²) < 4.78 is 10.9. The molecule has 0 bridgehead atoms. The lowest BCUT2D eigenvalue weighted by Crippen LogP contribution is -2.32. The SMILES string of the molecule is COc1cc(C)ccc1OCCC(=O)N1CC[C@@H](C(N)=O)C1. The van der Waals surface area contributed by atoms with Crippen LogP contribution in [0.5, 0.6) is 11.5 Å². The molecule has 1 saturated heterocycles. The van der Waals surface area contributed by atoms with Crippen molar-refractivity contribution in [3.05, 3.63) is 23.8 Å². The average molecular weight is 306 g/mol. The third kappa shape index (κ3) is 3.90. The fourth-order valence-corrected chi connectivity index (χ4v) is 2.52. The molecule has 0 radical (unpaired) electrons. The largest absolute Gasteiger partial charge is 0.493 e. The number of carbonyl (C=O) groups is 2. The zero-order chi connectivity index (χ0) is 16.1. The van der Waals surface area contributed by atoms with Gasteiger partial charge in [-0.05, 0) is 31.0 Å². The molecule has 1 aromatic rings. The zero-order valence-electron chi connectivity index (χ0n) is 13.0. The number of ether oxygens (including phenoxy) is 2. The average Bonchev–Trinajstić information content (AvgIpc) is 2.98. The van der Waals surface area contributed by atoms with Gasteiger partial charge in [-0.2, -0.15) is 0 Å². The maximum Gasteiger partial charge on any atom is 0.226 e. The van der Waals surface area contributed by atoms with E-state index in [0.29, 0.717) is 31.0 Å². The topological polar surface area (TPSA) is 81.9 Å². The van der Waals surface area contributed by atoms with Crippen molar-refractivity contribution in [2.75, 3.05) is 26.8 Å². The van der Waals surface area contributed by atoms with E-state index in [4.69, 9.17) is 15.2 Å². The summed E-state index contributed by atoms with van der Waals surface area (Å²) in [5, 5.41) is 0. The standard InChI is InChI=1S/C16H22N2O4/c1-11-3-4-13(14(9-11)21-2)22-8-6-15(19)18-7-5-12(10-18)16(17)20/h3-4,9,12H,5-8,10H2,1-2H3,(H2,17,20)/t12-/m1/s1. The van der Waals surface area contributed by atoms with Gasteiger partial charge in [0, 0.05) is 13.1 Å². The number of amides is 2. The van der Waals surface area contributed by atoms with Gasteiger partial charge in [0.2, 0.25) is 11.8 Å². The minimum absolute atomic E-state index is 0.0187. The molecular formula is C16H22N2O4. The summed E-state index contributed by atoms with van der Waals surface area (Å²) in [6.07, 6.45) is 0.913. The van der Waals surface area contributed by atoms with Crippen molar-refractivity contribution >= 4 is 11.8 Å². The summed E-state index contributed by atoms with van der Waals surface area (Å²) in [6, 6.07) is 5.64. The van der Waals surface area contributed by atoms with Crippen LogP contribution in [0.25, 0.3) is 0 Å². The number of methoxy groups -OCH3 is 1. The van der Waals surface area contributed by atoms with Crippen LogP contribution in [0.15, 0.2) is 18.2 Å². The minimum Gasteiger partial charge on any atom is -0.493 e. The smallest absolute Gasteiger partial charge is 0.226 e. The van der Waals surface area contributed by atoms with Crippen molar-refractivity contribution in [1.82, 2.24) is 4.90 Å². The molecule has 0 aliphatic carbocycles. The molecule has 2 N–H and O–H groups in total. The van der Waals surface area contributed by atoms with Crippen LogP contribution in [-0.4, -0.2) is 43.5 Å². The second-order valence-electron chi connectivity index (χ2n) is 5.48. The van der Waals surface area contributed by atoms with Crippen LogP contribution in [0.4, 0.5) is 0 Å². The highest BCUT2D eigenvalue weighted by Crippen LogP contribution is 2.28. The summed E-state index contributed by atoms with van der Waals surface area (Å²) >= 11 is 0. The van der Waals surface area contributed by atoms with Crippen LogP contribution in [0, 0.1) is 12.8 Å². The quantitative estimate of drug-likeness (QED) is 0.853. The van der Waals surface area contributed by atoms with Gasteiger partial charge in [-0.3, -0.25) is 9.59 Å². The fraction of sp³-hybridized carbons (Fsp3) is 0.500. The Morgan fingerprint density at radius 2 is 2.14 bits per heavy atom. The third-order valence-corrected chi connectivity index (χ3v) is 3.84. The Morgan fingerprint density at radius 1 is 1.36 bits per heavy atom. The molecule has 120 valence electrons. The molecule has 1 aliphatic rings. The molecular weight excluding hydrogens is 284 g/mol. The first-order chi connectivity index (χ1) is 10.5. The van der Waals surface area contributed by atoms with Gasteiger partial charge in [0.1, 0.15) is 0 Å². The lowest BCUT2D eigenvalue weighted by atomic mass is 10.1. The van der Waals surface area contributed by atoms with E-state index in [9.17, 15) is 9.59 Å². The molecule has 22 heavy (non-hydrogen) atoms. The van der Waals surface area contributed by atoms with Crippen molar-refractivity contribution in [2.24, 2.45) is 11.7 Å². The molecule has 0 aromatic heterocycles. The van der Waals surface area contributed by atoms with E-state index >= 15 is 0 Å². The first-order valence-corrected chi connectivity index (χ1v) is 7.35. The van der Waals surface area contributed by atoms with Gasteiger partial charge in [-0.15, -0.1) is 0 Å². The Balaban J connectivity index is 1.82. The van der Waals surface area contributed by atoms with E-state index < -0.39 is 0 Å². The highest BCUT2D eigenvalue weighted by atomic mass is 16.5. The summed E-state index contributed by atoms with van der Waals surface area (Å²) in [5.74, 6) is 0.701. The summed E-state index contributed by atoms with van der Waals surface area (Å²) in [5.41, 5.74) is 6.34. The normalized spacial score (nSPS) is 17.4.